The number of nitrogens with one attached hydrogen (secondary N) is 2. The molecular formula is C23H26N2O4S. The average molecular weight is 427 g/mol. The first-order valence-electron chi connectivity index (χ1n) is 9.88. The SMILES string of the molecule is C=CCNS(=O)(=O)c1ccc2c(c1)C1C=CCC1C(c1ccc(OC)c(OC)c1)N2. The number of allylic oxidation sites excluding steroid dienone is 2. The van der Waals surface area contributed by atoms with Crippen LogP contribution in [0.5, 0.6) is 11.5 Å². The van der Waals surface area contributed by atoms with Gasteiger partial charge in [-0.1, -0.05) is 24.3 Å². The average Bonchev–Trinajstić information content (AvgIpc) is 3.26. The standard InChI is InChI=1S/C23H26N2O4S/c1-4-12-24-30(26,27)16-9-10-20-19(14-16)17-6-5-7-18(17)23(25-20)15-8-11-21(28-2)22(13-15)29-3/h4-6,8-11,13-14,17-18,23-25H,1,7,12H2,2-3H3. The molecule has 1 heterocycles. The molecule has 0 bridgehead atoms. The van der Waals surface area contributed by atoms with Crippen molar-refractivity contribution in [1.82, 2.24) is 4.72 Å². The summed E-state index contributed by atoms with van der Waals surface area (Å²) in [4.78, 5) is 0.272. The van der Waals surface area contributed by atoms with E-state index in [0.717, 1.165) is 23.2 Å². The Labute approximate surface area is 177 Å². The number of methoxy groups -OCH3 is 2. The normalized spacial score (nSPS) is 22.0. The van der Waals surface area contributed by atoms with Crippen LogP contribution in [0.1, 0.15) is 29.5 Å². The highest BCUT2D eigenvalue weighted by atomic mass is 32.2. The molecule has 1 aliphatic heterocycles. The van der Waals surface area contributed by atoms with Crippen LogP contribution in [0.2, 0.25) is 0 Å². The molecule has 6 nitrogen and oxygen atoms in total. The fourth-order valence-electron chi connectivity index (χ4n) is 4.37. The number of fused-ring (bicyclic) bond motifs is 3. The quantitative estimate of drug-likeness (QED) is 0.655. The topological polar surface area (TPSA) is 76.7 Å². The van der Waals surface area contributed by atoms with E-state index < -0.39 is 10.0 Å². The van der Waals surface area contributed by atoms with Crippen molar-refractivity contribution in [2.75, 3.05) is 26.1 Å². The summed E-state index contributed by atoms with van der Waals surface area (Å²) in [5.74, 6) is 1.82. The molecule has 158 valence electrons. The Morgan fingerprint density at radius 1 is 1.17 bits per heavy atom. The van der Waals surface area contributed by atoms with Crippen LogP contribution in [0.3, 0.4) is 0 Å². The Morgan fingerprint density at radius 2 is 1.97 bits per heavy atom. The van der Waals surface area contributed by atoms with E-state index >= 15 is 0 Å². The van der Waals surface area contributed by atoms with Crippen molar-refractivity contribution in [3.05, 3.63) is 72.3 Å². The first-order valence-corrected chi connectivity index (χ1v) is 11.4. The molecule has 3 atom stereocenters. The van der Waals surface area contributed by atoms with E-state index in [1.54, 1.807) is 26.4 Å². The van der Waals surface area contributed by atoms with Gasteiger partial charge in [0.2, 0.25) is 10.0 Å². The highest BCUT2D eigenvalue weighted by molar-refractivity contribution is 7.89. The number of sulfonamides is 1. The van der Waals surface area contributed by atoms with Gasteiger partial charge in [0.05, 0.1) is 25.2 Å². The summed E-state index contributed by atoms with van der Waals surface area (Å²) in [7, 11) is -0.314. The van der Waals surface area contributed by atoms with Crippen LogP contribution in [-0.4, -0.2) is 29.2 Å². The van der Waals surface area contributed by atoms with Crippen molar-refractivity contribution in [3.63, 3.8) is 0 Å². The highest BCUT2D eigenvalue weighted by Gasteiger charge is 2.38. The van der Waals surface area contributed by atoms with Gasteiger partial charge < -0.3 is 14.8 Å². The van der Waals surface area contributed by atoms with Gasteiger partial charge in [0, 0.05) is 18.2 Å². The van der Waals surface area contributed by atoms with Gasteiger partial charge in [-0.05, 0) is 53.8 Å². The van der Waals surface area contributed by atoms with E-state index in [1.165, 1.54) is 6.08 Å². The monoisotopic (exact) mass is 426 g/mol. The largest absolute Gasteiger partial charge is 0.493 e. The van der Waals surface area contributed by atoms with Crippen molar-refractivity contribution in [1.29, 1.82) is 0 Å². The first-order chi connectivity index (χ1) is 14.5. The molecule has 2 aromatic rings. The van der Waals surface area contributed by atoms with E-state index in [9.17, 15) is 8.42 Å². The molecule has 2 aromatic carbocycles. The zero-order valence-electron chi connectivity index (χ0n) is 17.1. The number of ether oxygens (including phenoxy) is 2. The fourth-order valence-corrected chi connectivity index (χ4v) is 5.40. The summed E-state index contributed by atoms with van der Waals surface area (Å²) < 4.78 is 38.5. The van der Waals surface area contributed by atoms with Crippen LogP contribution in [0.25, 0.3) is 0 Å². The Bertz CT molecular complexity index is 1090. The summed E-state index contributed by atoms with van der Waals surface area (Å²) in [5.41, 5.74) is 3.07. The molecule has 7 heteroatoms. The Hall–Kier alpha value is -2.77. The third-order valence-electron chi connectivity index (χ3n) is 5.83. The summed E-state index contributed by atoms with van der Waals surface area (Å²) in [6, 6.07) is 11.3. The zero-order valence-corrected chi connectivity index (χ0v) is 17.9. The van der Waals surface area contributed by atoms with Gasteiger partial charge in [-0.15, -0.1) is 6.58 Å². The first kappa shape index (κ1) is 20.5. The van der Waals surface area contributed by atoms with Crippen molar-refractivity contribution in [2.45, 2.75) is 23.3 Å². The Morgan fingerprint density at radius 3 is 2.70 bits per heavy atom. The summed E-state index contributed by atoms with van der Waals surface area (Å²) in [5, 5.41) is 3.63. The fraction of sp³-hybridized carbons (Fsp3) is 0.304. The van der Waals surface area contributed by atoms with Crippen molar-refractivity contribution >= 4 is 15.7 Å². The number of benzene rings is 2. The summed E-state index contributed by atoms with van der Waals surface area (Å²) >= 11 is 0. The van der Waals surface area contributed by atoms with Gasteiger partial charge in [-0.3, -0.25) is 0 Å². The van der Waals surface area contributed by atoms with Crippen LogP contribution in [0.15, 0.2) is 66.1 Å². The van der Waals surface area contributed by atoms with Gasteiger partial charge in [-0.25, -0.2) is 13.1 Å². The molecule has 0 saturated carbocycles. The van der Waals surface area contributed by atoms with Crippen LogP contribution in [0, 0.1) is 5.92 Å². The van der Waals surface area contributed by atoms with Gasteiger partial charge in [0.25, 0.3) is 0 Å². The van der Waals surface area contributed by atoms with Crippen LogP contribution >= 0.6 is 0 Å². The summed E-state index contributed by atoms with van der Waals surface area (Å²) in [6.45, 7) is 3.77. The third-order valence-corrected chi connectivity index (χ3v) is 7.25. The lowest BCUT2D eigenvalue weighted by atomic mass is 9.77. The molecule has 30 heavy (non-hydrogen) atoms. The highest BCUT2D eigenvalue weighted by Crippen LogP contribution is 2.50. The molecule has 0 fully saturated rings. The maximum absolute atomic E-state index is 12.6. The number of anilines is 1. The predicted octanol–water partition coefficient (Wildman–Crippen LogP) is 3.99. The van der Waals surface area contributed by atoms with E-state index in [-0.39, 0.29) is 29.3 Å². The molecule has 2 aliphatic rings. The molecule has 0 amide bonds. The lowest BCUT2D eigenvalue weighted by Gasteiger charge is -2.38. The second-order valence-corrected chi connectivity index (χ2v) is 9.25. The van der Waals surface area contributed by atoms with Gasteiger partial charge in [-0.2, -0.15) is 0 Å². The van der Waals surface area contributed by atoms with Crippen LogP contribution < -0.4 is 19.5 Å². The molecule has 4 rings (SSSR count). The van der Waals surface area contributed by atoms with E-state index in [2.05, 4.69) is 34.8 Å². The second-order valence-electron chi connectivity index (χ2n) is 7.48. The number of hydrogen-bond donors (Lipinski definition) is 2. The molecule has 0 radical (unpaired) electrons. The van der Waals surface area contributed by atoms with Crippen molar-refractivity contribution in [2.24, 2.45) is 5.92 Å². The molecule has 2 N–H and O–H groups in total. The smallest absolute Gasteiger partial charge is 0.240 e. The Balaban J connectivity index is 1.71. The second kappa shape index (κ2) is 8.16. The summed E-state index contributed by atoms with van der Waals surface area (Å²) in [6.07, 6.45) is 6.81. The van der Waals surface area contributed by atoms with Gasteiger partial charge in [0.15, 0.2) is 11.5 Å². The molecule has 0 spiro atoms. The predicted molar refractivity (Wildman–Crippen MR) is 118 cm³/mol. The van der Waals surface area contributed by atoms with E-state index in [4.69, 9.17) is 9.47 Å². The van der Waals surface area contributed by atoms with Crippen LogP contribution in [-0.2, 0) is 10.0 Å². The molecule has 1 aliphatic carbocycles. The zero-order chi connectivity index (χ0) is 21.3. The molecule has 3 unspecified atom stereocenters. The van der Waals surface area contributed by atoms with E-state index in [0.29, 0.717) is 11.5 Å². The van der Waals surface area contributed by atoms with Gasteiger partial charge >= 0.3 is 0 Å². The maximum Gasteiger partial charge on any atom is 0.240 e. The molecular weight excluding hydrogens is 400 g/mol. The minimum atomic E-state index is -3.57. The minimum absolute atomic E-state index is 0.0821. The van der Waals surface area contributed by atoms with E-state index in [1.807, 2.05) is 18.2 Å². The lowest BCUT2D eigenvalue weighted by molar-refractivity contribution is 0.353. The van der Waals surface area contributed by atoms with Crippen LogP contribution in [0.4, 0.5) is 5.69 Å². The van der Waals surface area contributed by atoms with Gasteiger partial charge in [0.1, 0.15) is 0 Å². The van der Waals surface area contributed by atoms with Crippen molar-refractivity contribution < 1.29 is 17.9 Å². The molecule has 0 aromatic heterocycles. The number of hydrogen-bond acceptors (Lipinski definition) is 5. The number of rotatable bonds is 7. The Kier molecular flexibility index (Phi) is 5.58. The maximum atomic E-state index is 12.6. The van der Waals surface area contributed by atoms with Crippen molar-refractivity contribution in [3.8, 4) is 11.5 Å². The lowest BCUT2D eigenvalue weighted by Crippen LogP contribution is -2.30. The minimum Gasteiger partial charge on any atom is -0.493 e. The third kappa shape index (κ3) is 3.59. The molecule has 0 saturated heterocycles.